The molecule has 2 bridgehead atoms. The van der Waals surface area contributed by atoms with Crippen molar-refractivity contribution in [3.8, 4) is 0 Å². The fourth-order valence-corrected chi connectivity index (χ4v) is 5.42. The lowest BCUT2D eigenvalue weighted by Crippen LogP contribution is -2.18. The zero-order valence-corrected chi connectivity index (χ0v) is 8.23. The highest BCUT2D eigenvalue weighted by Crippen LogP contribution is 2.75. The van der Waals surface area contributed by atoms with Gasteiger partial charge in [-0.15, -0.1) is 0 Å². The topological polar surface area (TPSA) is 37.3 Å². The van der Waals surface area contributed by atoms with Crippen molar-refractivity contribution in [1.82, 2.24) is 0 Å². The molecular weight excluding hydrogens is 176 g/mol. The zero-order chi connectivity index (χ0) is 9.45. The summed E-state index contributed by atoms with van der Waals surface area (Å²) in [4.78, 5) is 11.0. The van der Waals surface area contributed by atoms with Crippen LogP contribution in [0, 0.1) is 41.4 Å². The van der Waals surface area contributed by atoms with E-state index in [-0.39, 0.29) is 5.92 Å². The third-order valence-electron chi connectivity index (χ3n) is 5.68. The molecule has 2 heteroatoms. The van der Waals surface area contributed by atoms with Crippen molar-refractivity contribution >= 4 is 5.97 Å². The van der Waals surface area contributed by atoms with E-state index in [1.165, 1.54) is 25.7 Å². The third-order valence-corrected chi connectivity index (χ3v) is 5.68. The molecule has 4 aliphatic rings. The van der Waals surface area contributed by atoms with E-state index in [0.29, 0.717) is 11.8 Å². The van der Waals surface area contributed by atoms with Crippen LogP contribution in [0.25, 0.3) is 0 Å². The highest BCUT2D eigenvalue weighted by Gasteiger charge is 2.73. The van der Waals surface area contributed by atoms with Gasteiger partial charge < -0.3 is 5.11 Å². The molecule has 0 aliphatic heterocycles. The summed E-state index contributed by atoms with van der Waals surface area (Å²) in [6.07, 6.45) is 5.61. The van der Waals surface area contributed by atoms with Crippen molar-refractivity contribution in [3.05, 3.63) is 0 Å². The van der Waals surface area contributed by atoms with Gasteiger partial charge in [-0.3, -0.25) is 4.79 Å². The number of aliphatic carboxylic acids is 1. The van der Waals surface area contributed by atoms with Gasteiger partial charge in [-0.25, -0.2) is 0 Å². The number of fused-ring (bicyclic) bond motifs is 8. The van der Waals surface area contributed by atoms with E-state index in [2.05, 4.69) is 0 Å². The van der Waals surface area contributed by atoms with Gasteiger partial charge in [-0.2, -0.15) is 0 Å². The molecule has 4 fully saturated rings. The normalized spacial score (nSPS) is 62.4. The fraction of sp³-hybridized carbons (Fsp3) is 0.917. The van der Waals surface area contributed by atoms with Crippen LogP contribution in [0.15, 0.2) is 0 Å². The van der Waals surface area contributed by atoms with Crippen LogP contribution >= 0.6 is 0 Å². The second-order valence-corrected chi connectivity index (χ2v) is 5.84. The molecule has 0 spiro atoms. The Hall–Kier alpha value is -0.530. The van der Waals surface area contributed by atoms with Gasteiger partial charge in [0.1, 0.15) is 0 Å². The van der Waals surface area contributed by atoms with Crippen LogP contribution in [0.2, 0.25) is 0 Å². The van der Waals surface area contributed by atoms with Gasteiger partial charge in [0, 0.05) is 0 Å². The van der Waals surface area contributed by atoms with Gasteiger partial charge in [0.05, 0.1) is 5.92 Å². The molecular formula is C12H16O2. The highest BCUT2D eigenvalue weighted by molar-refractivity contribution is 5.75. The minimum absolute atomic E-state index is 0.0735. The second-order valence-electron chi connectivity index (χ2n) is 5.84. The smallest absolute Gasteiger partial charge is 0.307 e. The van der Waals surface area contributed by atoms with Crippen LogP contribution in [-0.2, 0) is 4.79 Å². The number of hydrogen-bond acceptors (Lipinski definition) is 1. The van der Waals surface area contributed by atoms with Gasteiger partial charge in [0.15, 0.2) is 0 Å². The fourth-order valence-electron chi connectivity index (χ4n) is 5.42. The summed E-state index contributed by atoms with van der Waals surface area (Å²) in [7, 11) is 0. The Labute approximate surface area is 83.7 Å². The van der Waals surface area contributed by atoms with Gasteiger partial charge in [0.2, 0.25) is 0 Å². The molecule has 1 unspecified atom stereocenters. The first kappa shape index (κ1) is 7.72. The van der Waals surface area contributed by atoms with Gasteiger partial charge in [-0.1, -0.05) is 6.42 Å². The van der Waals surface area contributed by atoms with Crippen molar-refractivity contribution < 1.29 is 9.90 Å². The van der Waals surface area contributed by atoms with E-state index >= 15 is 0 Å². The van der Waals surface area contributed by atoms with Crippen molar-refractivity contribution in [1.29, 1.82) is 0 Å². The summed E-state index contributed by atoms with van der Waals surface area (Å²) in [6.45, 7) is 0. The highest BCUT2D eigenvalue weighted by atomic mass is 16.4. The Bertz CT molecular complexity index is 289. The standard InChI is InChI=1S/C12H16O2/c13-12(14)11-9-7-4-8(10(9)11)6-3-1-2-5(6)7/h5-11H,1-4H2,(H,13,14)/t5-,6+,7-,8+,9+,10-,11?. The van der Waals surface area contributed by atoms with Crippen LogP contribution < -0.4 is 0 Å². The molecule has 7 atom stereocenters. The predicted octanol–water partition coefficient (Wildman–Crippen LogP) is 2.00. The summed E-state index contributed by atoms with van der Waals surface area (Å²) in [6, 6.07) is 0. The van der Waals surface area contributed by atoms with Gasteiger partial charge >= 0.3 is 5.97 Å². The molecule has 0 heterocycles. The molecule has 0 radical (unpaired) electrons. The van der Waals surface area contributed by atoms with E-state index < -0.39 is 5.97 Å². The summed E-state index contributed by atoms with van der Waals surface area (Å²) >= 11 is 0. The Morgan fingerprint density at radius 3 is 2.07 bits per heavy atom. The minimum atomic E-state index is -0.505. The van der Waals surface area contributed by atoms with E-state index in [4.69, 9.17) is 5.11 Å². The molecule has 4 rings (SSSR count). The van der Waals surface area contributed by atoms with E-state index in [1.54, 1.807) is 0 Å². The monoisotopic (exact) mass is 192 g/mol. The molecule has 0 saturated heterocycles. The van der Waals surface area contributed by atoms with Crippen molar-refractivity contribution in [2.24, 2.45) is 41.4 Å². The zero-order valence-electron chi connectivity index (χ0n) is 8.23. The third kappa shape index (κ3) is 0.665. The Balaban J connectivity index is 1.67. The maximum atomic E-state index is 11.0. The Kier molecular flexibility index (Phi) is 1.20. The lowest BCUT2D eigenvalue weighted by molar-refractivity contribution is -0.139. The van der Waals surface area contributed by atoms with Crippen molar-refractivity contribution in [2.45, 2.75) is 25.7 Å². The second kappa shape index (κ2) is 2.17. The summed E-state index contributed by atoms with van der Waals surface area (Å²) in [5.74, 6) is 4.29. The van der Waals surface area contributed by atoms with Crippen LogP contribution in [0.3, 0.4) is 0 Å². The van der Waals surface area contributed by atoms with E-state index in [9.17, 15) is 4.79 Å². The SMILES string of the molecule is O=C(O)C1[C@@H]2[C@H]3C[C@H]([C@@H]4CCC[C@@H]43)[C@H]12. The maximum Gasteiger partial charge on any atom is 0.307 e. The first-order chi connectivity index (χ1) is 6.79. The number of carboxylic acids is 1. The minimum Gasteiger partial charge on any atom is -0.481 e. The first-order valence-corrected chi connectivity index (χ1v) is 6.02. The van der Waals surface area contributed by atoms with Crippen molar-refractivity contribution in [2.75, 3.05) is 0 Å². The quantitative estimate of drug-likeness (QED) is 0.690. The van der Waals surface area contributed by atoms with E-state index in [1.807, 2.05) is 0 Å². The number of hydrogen-bond donors (Lipinski definition) is 1. The lowest BCUT2D eigenvalue weighted by Gasteiger charge is -2.23. The largest absolute Gasteiger partial charge is 0.481 e. The van der Waals surface area contributed by atoms with Crippen LogP contribution in [0.5, 0.6) is 0 Å². The molecule has 76 valence electrons. The molecule has 4 aliphatic carbocycles. The molecule has 0 amide bonds. The molecule has 4 saturated carbocycles. The molecule has 14 heavy (non-hydrogen) atoms. The molecule has 2 nitrogen and oxygen atoms in total. The Morgan fingerprint density at radius 2 is 1.57 bits per heavy atom. The lowest BCUT2D eigenvalue weighted by atomic mass is 9.82. The van der Waals surface area contributed by atoms with Crippen LogP contribution in [-0.4, -0.2) is 11.1 Å². The summed E-state index contributed by atoms with van der Waals surface area (Å²) < 4.78 is 0. The molecule has 0 aromatic rings. The summed E-state index contributed by atoms with van der Waals surface area (Å²) in [5.41, 5.74) is 0. The van der Waals surface area contributed by atoms with Crippen LogP contribution in [0.1, 0.15) is 25.7 Å². The van der Waals surface area contributed by atoms with Crippen molar-refractivity contribution in [3.63, 3.8) is 0 Å². The molecule has 0 aromatic heterocycles. The molecule has 0 aromatic carbocycles. The number of carbonyl (C=O) groups is 1. The number of carboxylic acid groups (broad SMARTS) is 1. The Morgan fingerprint density at radius 1 is 1.00 bits per heavy atom. The first-order valence-electron chi connectivity index (χ1n) is 6.02. The average molecular weight is 192 g/mol. The number of rotatable bonds is 1. The predicted molar refractivity (Wildman–Crippen MR) is 50.5 cm³/mol. The van der Waals surface area contributed by atoms with Crippen LogP contribution in [0.4, 0.5) is 0 Å². The average Bonchev–Trinajstić information content (AvgIpc) is 2.52. The van der Waals surface area contributed by atoms with E-state index in [0.717, 1.165) is 23.7 Å². The summed E-state index contributed by atoms with van der Waals surface area (Å²) in [5, 5.41) is 9.09. The van der Waals surface area contributed by atoms with Gasteiger partial charge in [0.25, 0.3) is 0 Å². The van der Waals surface area contributed by atoms with Gasteiger partial charge in [-0.05, 0) is 54.8 Å². The molecule has 1 N–H and O–H groups in total. The maximum absolute atomic E-state index is 11.0.